The van der Waals surface area contributed by atoms with E-state index in [4.69, 9.17) is 4.42 Å². The summed E-state index contributed by atoms with van der Waals surface area (Å²) in [6.45, 7) is 2.20. The third-order valence-electron chi connectivity index (χ3n) is 5.23. The number of halogens is 3. The summed E-state index contributed by atoms with van der Waals surface area (Å²) in [5.74, 6) is 0.0678. The van der Waals surface area contributed by atoms with E-state index in [1.807, 2.05) is 0 Å². The van der Waals surface area contributed by atoms with Gasteiger partial charge in [0.2, 0.25) is 0 Å². The molecule has 3 heterocycles. The standard InChI is InChI=1S/C18H21F3N4O/c19-18(20,21)14-11-15(16-5-4-8-26-16)23-24-17(14)22-12-9-13(10-12)25-6-2-1-3-7-25/h4-5,8,11-13H,1-3,6-7,9-10H2,(H,22,24). The van der Waals surface area contributed by atoms with Crippen LogP contribution in [-0.4, -0.2) is 40.3 Å². The highest BCUT2D eigenvalue weighted by Crippen LogP contribution is 2.37. The Hall–Kier alpha value is -2.09. The number of hydrogen-bond acceptors (Lipinski definition) is 5. The monoisotopic (exact) mass is 366 g/mol. The highest BCUT2D eigenvalue weighted by Gasteiger charge is 2.39. The molecule has 140 valence electrons. The summed E-state index contributed by atoms with van der Waals surface area (Å²) in [6.07, 6.45) is 2.29. The second kappa shape index (κ2) is 6.90. The Morgan fingerprint density at radius 3 is 2.54 bits per heavy atom. The summed E-state index contributed by atoms with van der Waals surface area (Å²) < 4.78 is 45.5. The van der Waals surface area contributed by atoms with Gasteiger partial charge in [0, 0.05) is 12.1 Å². The van der Waals surface area contributed by atoms with E-state index in [1.54, 1.807) is 12.1 Å². The zero-order valence-electron chi connectivity index (χ0n) is 14.3. The largest absolute Gasteiger partial charge is 0.463 e. The Kier molecular flexibility index (Phi) is 4.60. The van der Waals surface area contributed by atoms with Gasteiger partial charge in [-0.1, -0.05) is 6.42 Å². The maximum Gasteiger partial charge on any atom is 0.420 e. The number of nitrogens with one attached hydrogen (secondary N) is 1. The molecule has 1 saturated heterocycles. The number of hydrogen-bond donors (Lipinski definition) is 1. The predicted octanol–water partition coefficient (Wildman–Crippen LogP) is 4.18. The van der Waals surface area contributed by atoms with E-state index in [-0.39, 0.29) is 23.3 Å². The van der Waals surface area contributed by atoms with Crippen LogP contribution in [0.5, 0.6) is 0 Å². The van der Waals surface area contributed by atoms with Crippen molar-refractivity contribution in [3.63, 3.8) is 0 Å². The minimum Gasteiger partial charge on any atom is -0.463 e. The highest BCUT2D eigenvalue weighted by atomic mass is 19.4. The molecule has 2 fully saturated rings. The van der Waals surface area contributed by atoms with Crippen molar-refractivity contribution in [1.82, 2.24) is 15.1 Å². The summed E-state index contributed by atoms with van der Waals surface area (Å²) in [5.41, 5.74) is -0.729. The Bertz CT molecular complexity index is 735. The molecular formula is C18H21F3N4O. The van der Waals surface area contributed by atoms with Crippen molar-refractivity contribution < 1.29 is 17.6 Å². The van der Waals surface area contributed by atoms with Crippen molar-refractivity contribution in [2.75, 3.05) is 18.4 Å². The lowest BCUT2D eigenvalue weighted by Crippen LogP contribution is -2.51. The Balaban J connectivity index is 1.46. The van der Waals surface area contributed by atoms with Gasteiger partial charge < -0.3 is 14.6 Å². The highest BCUT2D eigenvalue weighted by molar-refractivity contribution is 5.57. The van der Waals surface area contributed by atoms with Crippen LogP contribution in [0.4, 0.5) is 19.0 Å². The zero-order chi connectivity index (χ0) is 18.1. The van der Waals surface area contributed by atoms with Gasteiger partial charge in [-0.25, -0.2) is 0 Å². The molecule has 1 N–H and O–H groups in total. The van der Waals surface area contributed by atoms with Crippen LogP contribution in [0.2, 0.25) is 0 Å². The van der Waals surface area contributed by atoms with Crippen LogP contribution in [0.1, 0.15) is 37.7 Å². The van der Waals surface area contributed by atoms with Crippen LogP contribution >= 0.6 is 0 Å². The fraction of sp³-hybridized carbons (Fsp3) is 0.556. The maximum absolute atomic E-state index is 13.5. The number of furan rings is 1. The lowest BCUT2D eigenvalue weighted by molar-refractivity contribution is -0.137. The van der Waals surface area contributed by atoms with Gasteiger partial charge >= 0.3 is 6.18 Å². The van der Waals surface area contributed by atoms with E-state index >= 15 is 0 Å². The Labute approximate surface area is 149 Å². The molecule has 8 heteroatoms. The van der Waals surface area contributed by atoms with Crippen molar-refractivity contribution in [2.45, 2.75) is 50.4 Å². The molecule has 0 unspecified atom stereocenters. The second-order valence-electron chi connectivity index (χ2n) is 7.03. The number of rotatable bonds is 4. The molecule has 2 aromatic heterocycles. The molecule has 1 saturated carbocycles. The third kappa shape index (κ3) is 3.56. The quantitative estimate of drug-likeness (QED) is 0.880. The lowest BCUT2D eigenvalue weighted by Gasteiger charge is -2.45. The summed E-state index contributed by atoms with van der Waals surface area (Å²) in [7, 11) is 0. The smallest absolute Gasteiger partial charge is 0.420 e. The summed E-state index contributed by atoms with van der Waals surface area (Å²) in [6, 6.07) is 4.64. The fourth-order valence-corrected chi connectivity index (χ4v) is 3.74. The van der Waals surface area contributed by atoms with E-state index in [0.717, 1.165) is 32.0 Å². The van der Waals surface area contributed by atoms with Crippen LogP contribution in [-0.2, 0) is 6.18 Å². The van der Waals surface area contributed by atoms with E-state index < -0.39 is 11.7 Å². The van der Waals surface area contributed by atoms with Gasteiger partial charge in [0.1, 0.15) is 11.3 Å². The molecule has 26 heavy (non-hydrogen) atoms. The molecular weight excluding hydrogens is 345 g/mol. The number of piperidine rings is 1. The fourth-order valence-electron chi connectivity index (χ4n) is 3.74. The van der Waals surface area contributed by atoms with E-state index in [9.17, 15) is 13.2 Å². The Morgan fingerprint density at radius 2 is 1.88 bits per heavy atom. The Morgan fingerprint density at radius 1 is 1.12 bits per heavy atom. The number of alkyl halides is 3. The SMILES string of the molecule is FC(F)(F)c1cc(-c2ccco2)nnc1NC1CC(N2CCCCC2)C1. The van der Waals surface area contributed by atoms with Crippen molar-refractivity contribution >= 4 is 5.82 Å². The molecule has 0 bridgehead atoms. The van der Waals surface area contributed by atoms with Gasteiger partial charge in [-0.2, -0.15) is 13.2 Å². The average Bonchev–Trinajstić information content (AvgIpc) is 3.12. The van der Waals surface area contributed by atoms with Gasteiger partial charge in [-0.15, -0.1) is 10.2 Å². The molecule has 2 aliphatic rings. The van der Waals surface area contributed by atoms with Crippen LogP contribution < -0.4 is 5.32 Å². The first-order chi connectivity index (χ1) is 12.5. The average molecular weight is 366 g/mol. The van der Waals surface area contributed by atoms with Crippen LogP contribution in [0.15, 0.2) is 28.9 Å². The normalized spacial score (nSPS) is 24.3. The summed E-state index contributed by atoms with van der Waals surface area (Å²) in [5, 5.41) is 10.6. The molecule has 1 aliphatic heterocycles. The first-order valence-electron chi connectivity index (χ1n) is 9.00. The molecule has 4 rings (SSSR count). The molecule has 0 aromatic carbocycles. The zero-order valence-corrected chi connectivity index (χ0v) is 14.3. The van der Waals surface area contributed by atoms with Crippen molar-refractivity contribution in [2.24, 2.45) is 0 Å². The maximum atomic E-state index is 13.5. The summed E-state index contributed by atoms with van der Waals surface area (Å²) in [4.78, 5) is 2.46. The molecule has 0 amide bonds. The molecule has 1 aliphatic carbocycles. The minimum absolute atomic E-state index is 0.00629. The summed E-state index contributed by atoms with van der Waals surface area (Å²) >= 11 is 0. The van der Waals surface area contributed by atoms with Crippen LogP contribution in [0, 0.1) is 0 Å². The second-order valence-corrected chi connectivity index (χ2v) is 7.03. The molecule has 0 atom stereocenters. The van der Waals surface area contributed by atoms with E-state index in [0.29, 0.717) is 6.04 Å². The third-order valence-corrected chi connectivity index (χ3v) is 5.23. The van der Waals surface area contributed by atoms with Gasteiger partial charge in [0.15, 0.2) is 11.6 Å². The van der Waals surface area contributed by atoms with Crippen molar-refractivity contribution in [1.29, 1.82) is 0 Å². The van der Waals surface area contributed by atoms with Crippen molar-refractivity contribution in [3.05, 3.63) is 30.0 Å². The van der Waals surface area contributed by atoms with E-state index in [2.05, 4.69) is 20.4 Å². The first-order valence-corrected chi connectivity index (χ1v) is 9.00. The molecule has 0 radical (unpaired) electrons. The predicted molar refractivity (Wildman–Crippen MR) is 90.6 cm³/mol. The van der Waals surface area contributed by atoms with Gasteiger partial charge in [-0.3, -0.25) is 0 Å². The molecule has 5 nitrogen and oxygen atoms in total. The van der Waals surface area contributed by atoms with Crippen LogP contribution in [0.3, 0.4) is 0 Å². The van der Waals surface area contributed by atoms with Gasteiger partial charge in [-0.05, 0) is 57.0 Å². The number of anilines is 1. The molecule has 0 spiro atoms. The van der Waals surface area contributed by atoms with Gasteiger partial charge in [0.05, 0.1) is 6.26 Å². The minimum atomic E-state index is -4.50. The van der Waals surface area contributed by atoms with Crippen molar-refractivity contribution in [3.8, 4) is 11.5 Å². The van der Waals surface area contributed by atoms with Crippen LogP contribution in [0.25, 0.3) is 11.5 Å². The molecule has 2 aromatic rings. The number of likely N-dealkylation sites (tertiary alicyclic amines) is 1. The topological polar surface area (TPSA) is 54.2 Å². The first kappa shape index (κ1) is 17.3. The number of aromatic nitrogens is 2. The van der Waals surface area contributed by atoms with E-state index in [1.165, 1.54) is 25.5 Å². The number of nitrogens with zero attached hydrogens (tertiary/aromatic N) is 3. The van der Waals surface area contributed by atoms with Gasteiger partial charge in [0.25, 0.3) is 0 Å². The lowest BCUT2D eigenvalue weighted by atomic mass is 9.84.